The van der Waals surface area contributed by atoms with Crippen LogP contribution in [0.3, 0.4) is 0 Å². The van der Waals surface area contributed by atoms with Gasteiger partial charge in [0, 0.05) is 5.56 Å². The van der Waals surface area contributed by atoms with Crippen LogP contribution in [0.25, 0.3) is 0 Å². The van der Waals surface area contributed by atoms with E-state index in [4.69, 9.17) is 14.2 Å². The van der Waals surface area contributed by atoms with Crippen LogP contribution in [-0.4, -0.2) is 54.1 Å². The molecule has 0 aromatic heterocycles. The van der Waals surface area contributed by atoms with Crippen LogP contribution in [0, 0.1) is 13.8 Å². The zero-order valence-electron chi connectivity index (χ0n) is 21.3. The Balaban J connectivity index is 1.83. The lowest BCUT2D eigenvalue weighted by molar-refractivity contribution is -0.159. The number of ether oxygens (including phenoxy) is 3. The maximum absolute atomic E-state index is 13.0. The molecule has 3 rings (SSSR count). The van der Waals surface area contributed by atoms with Gasteiger partial charge in [0.05, 0.1) is 18.2 Å². The number of carbonyl (C=O) groups is 5. The Hall–Kier alpha value is -5.19. The van der Waals surface area contributed by atoms with E-state index in [9.17, 15) is 29.1 Å². The van der Waals surface area contributed by atoms with Gasteiger partial charge in [0.1, 0.15) is 5.75 Å². The van der Waals surface area contributed by atoms with E-state index in [1.165, 1.54) is 55.6 Å². The molecule has 0 saturated carbocycles. The minimum absolute atomic E-state index is 0.0173. The van der Waals surface area contributed by atoms with Crippen LogP contribution in [0.15, 0.2) is 72.8 Å². The van der Waals surface area contributed by atoms with Crippen molar-refractivity contribution in [2.45, 2.75) is 26.1 Å². The predicted molar refractivity (Wildman–Crippen MR) is 137 cm³/mol. The molecule has 0 unspecified atom stereocenters. The highest BCUT2D eigenvalue weighted by molar-refractivity contribution is 5.99. The molecule has 0 heterocycles. The predicted octanol–water partition coefficient (Wildman–Crippen LogP) is 2.61. The van der Waals surface area contributed by atoms with Crippen molar-refractivity contribution in [2.75, 3.05) is 7.11 Å². The molecule has 0 aliphatic rings. The van der Waals surface area contributed by atoms with Crippen LogP contribution in [0.5, 0.6) is 5.75 Å². The fourth-order valence-corrected chi connectivity index (χ4v) is 3.24. The SMILES string of the molecule is COc1ccc(C(=O)NNC(=O)[C@H](OC(=O)c2ccc(C)cc2)[C@@H](OC(=O)c2ccc(C)cc2)C(=O)O)cc1. The van der Waals surface area contributed by atoms with E-state index in [1.807, 2.05) is 5.43 Å². The minimum atomic E-state index is -2.24. The number of esters is 2. The van der Waals surface area contributed by atoms with E-state index in [2.05, 4.69) is 5.43 Å². The third kappa shape index (κ3) is 7.65. The molecule has 0 fully saturated rings. The van der Waals surface area contributed by atoms with E-state index in [-0.39, 0.29) is 16.7 Å². The molecule has 0 aliphatic carbocycles. The van der Waals surface area contributed by atoms with Gasteiger partial charge in [-0.2, -0.15) is 0 Å². The first kappa shape index (κ1) is 28.4. The number of carboxylic acid groups (broad SMARTS) is 1. The molecule has 0 saturated heterocycles. The topological polar surface area (TPSA) is 157 Å². The number of rotatable bonds is 9. The highest BCUT2D eigenvalue weighted by atomic mass is 16.6. The highest BCUT2D eigenvalue weighted by Gasteiger charge is 2.41. The van der Waals surface area contributed by atoms with Gasteiger partial charge in [-0.3, -0.25) is 20.4 Å². The number of aryl methyl sites for hydroxylation is 2. The molecule has 39 heavy (non-hydrogen) atoms. The van der Waals surface area contributed by atoms with E-state index >= 15 is 0 Å². The first-order valence-electron chi connectivity index (χ1n) is 11.6. The van der Waals surface area contributed by atoms with Crippen LogP contribution in [-0.2, 0) is 19.1 Å². The number of nitrogens with one attached hydrogen (secondary N) is 2. The summed E-state index contributed by atoms with van der Waals surface area (Å²) in [7, 11) is 1.46. The first-order chi connectivity index (χ1) is 18.6. The van der Waals surface area contributed by atoms with Crippen molar-refractivity contribution in [2.24, 2.45) is 0 Å². The lowest BCUT2D eigenvalue weighted by Gasteiger charge is -2.23. The average Bonchev–Trinajstić information content (AvgIpc) is 2.93. The quantitative estimate of drug-likeness (QED) is 0.277. The number of hydrogen-bond donors (Lipinski definition) is 3. The zero-order chi connectivity index (χ0) is 28.5. The summed E-state index contributed by atoms with van der Waals surface area (Å²) in [6, 6.07) is 18.0. The molecule has 11 nitrogen and oxygen atoms in total. The van der Waals surface area contributed by atoms with Crippen LogP contribution >= 0.6 is 0 Å². The van der Waals surface area contributed by atoms with Gasteiger partial charge >= 0.3 is 17.9 Å². The van der Waals surface area contributed by atoms with Crippen molar-refractivity contribution in [1.82, 2.24) is 10.9 Å². The largest absolute Gasteiger partial charge is 0.497 e. The molecule has 0 spiro atoms. The number of amides is 2. The second-order valence-electron chi connectivity index (χ2n) is 8.39. The van der Waals surface area contributed by atoms with Crippen molar-refractivity contribution >= 4 is 29.7 Å². The summed E-state index contributed by atoms with van der Waals surface area (Å²) in [4.78, 5) is 63.0. The Morgan fingerprint density at radius 3 is 1.51 bits per heavy atom. The lowest BCUT2D eigenvalue weighted by Crippen LogP contribution is -2.54. The Bertz CT molecular complexity index is 1350. The molecule has 3 aromatic rings. The number of aliphatic carboxylic acids is 1. The van der Waals surface area contributed by atoms with Crippen LogP contribution in [0.4, 0.5) is 0 Å². The van der Waals surface area contributed by atoms with E-state index < -0.39 is 41.9 Å². The van der Waals surface area contributed by atoms with Gasteiger partial charge in [-0.1, -0.05) is 35.4 Å². The van der Waals surface area contributed by atoms with Gasteiger partial charge in [0.25, 0.3) is 11.8 Å². The normalized spacial score (nSPS) is 11.9. The third-order valence-electron chi connectivity index (χ3n) is 5.47. The number of benzene rings is 3. The number of carbonyl (C=O) groups excluding carboxylic acids is 4. The zero-order valence-corrected chi connectivity index (χ0v) is 21.3. The summed E-state index contributed by atoms with van der Waals surface area (Å²) in [5.74, 6) is -5.37. The van der Waals surface area contributed by atoms with E-state index in [0.717, 1.165) is 11.1 Å². The smallest absolute Gasteiger partial charge is 0.349 e. The van der Waals surface area contributed by atoms with E-state index in [0.29, 0.717) is 5.75 Å². The van der Waals surface area contributed by atoms with E-state index in [1.54, 1.807) is 38.1 Å². The standard InChI is InChI=1S/C28H26N2O9/c1-16-4-8-19(9-5-16)27(35)38-22(23(26(33)34)39-28(36)20-10-6-17(2)7-11-20)25(32)30-29-24(31)18-12-14-21(37-3)15-13-18/h4-15,22-23H,1-3H3,(H,29,31)(H,30,32)(H,33,34)/t22-,23-/m1/s1. The number of hydrogen-bond acceptors (Lipinski definition) is 8. The average molecular weight is 535 g/mol. The van der Waals surface area contributed by atoms with Gasteiger partial charge < -0.3 is 19.3 Å². The Morgan fingerprint density at radius 1 is 0.641 bits per heavy atom. The second-order valence-corrected chi connectivity index (χ2v) is 8.39. The summed E-state index contributed by atoms with van der Waals surface area (Å²) >= 11 is 0. The molecule has 11 heteroatoms. The fourth-order valence-electron chi connectivity index (χ4n) is 3.24. The van der Waals surface area contributed by atoms with Crippen molar-refractivity contribution in [1.29, 1.82) is 0 Å². The Kier molecular flexibility index (Phi) is 9.36. The van der Waals surface area contributed by atoms with Gasteiger partial charge in [0.2, 0.25) is 12.2 Å². The summed E-state index contributed by atoms with van der Waals surface area (Å²) in [5.41, 5.74) is 6.02. The summed E-state index contributed by atoms with van der Waals surface area (Å²) in [6.07, 6.45) is -4.41. The Labute approximate surface area is 223 Å². The fraction of sp³-hybridized carbons (Fsp3) is 0.179. The van der Waals surface area contributed by atoms with Gasteiger partial charge in [-0.05, 0) is 62.4 Å². The van der Waals surface area contributed by atoms with Crippen molar-refractivity contribution in [3.63, 3.8) is 0 Å². The molecule has 2 atom stereocenters. The maximum Gasteiger partial charge on any atom is 0.349 e. The summed E-state index contributed by atoms with van der Waals surface area (Å²) < 4.78 is 15.3. The van der Waals surface area contributed by atoms with Gasteiger partial charge in [-0.25, -0.2) is 14.4 Å². The number of hydrazine groups is 1. The molecule has 0 radical (unpaired) electrons. The summed E-state index contributed by atoms with van der Waals surface area (Å²) in [6.45, 7) is 3.59. The maximum atomic E-state index is 13.0. The molecular weight excluding hydrogens is 508 g/mol. The highest BCUT2D eigenvalue weighted by Crippen LogP contribution is 2.15. The molecule has 3 N–H and O–H groups in total. The third-order valence-corrected chi connectivity index (χ3v) is 5.47. The van der Waals surface area contributed by atoms with Gasteiger partial charge in [-0.15, -0.1) is 0 Å². The van der Waals surface area contributed by atoms with Gasteiger partial charge in [0.15, 0.2) is 0 Å². The number of methoxy groups -OCH3 is 1. The first-order valence-corrected chi connectivity index (χ1v) is 11.6. The Morgan fingerprint density at radius 2 is 1.08 bits per heavy atom. The minimum Gasteiger partial charge on any atom is -0.497 e. The number of carboxylic acids is 1. The molecular formula is C28H26N2O9. The van der Waals surface area contributed by atoms with Crippen molar-refractivity contribution in [3.05, 3.63) is 101 Å². The van der Waals surface area contributed by atoms with Crippen molar-refractivity contribution in [3.8, 4) is 5.75 Å². The molecule has 2 amide bonds. The van der Waals surface area contributed by atoms with Crippen molar-refractivity contribution < 1.29 is 43.3 Å². The molecule has 202 valence electrons. The molecule has 0 bridgehead atoms. The lowest BCUT2D eigenvalue weighted by atomic mass is 10.1. The van der Waals surface area contributed by atoms with Crippen LogP contribution in [0.1, 0.15) is 42.2 Å². The van der Waals surface area contributed by atoms with Crippen LogP contribution in [0.2, 0.25) is 0 Å². The second kappa shape index (κ2) is 12.9. The summed E-state index contributed by atoms with van der Waals surface area (Å²) in [5, 5.41) is 9.81. The molecule has 3 aromatic carbocycles. The van der Waals surface area contributed by atoms with Crippen LogP contribution < -0.4 is 15.6 Å². The monoisotopic (exact) mass is 534 g/mol. The molecule has 0 aliphatic heterocycles.